The third kappa shape index (κ3) is 2.69. The SMILES string of the molecule is CC(C)CNC(=O)c1ncc[nH]c1=O. The Hall–Kier alpha value is -1.65. The molecule has 2 N–H and O–H groups in total. The molecule has 0 spiro atoms. The number of aromatic nitrogens is 2. The molecule has 0 radical (unpaired) electrons. The molecular weight excluding hydrogens is 182 g/mol. The molecule has 1 rings (SSSR count). The van der Waals surface area contributed by atoms with Crippen molar-refractivity contribution in [2.75, 3.05) is 6.54 Å². The van der Waals surface area contributed by atoms with Crippen molar-refractivity contribution in [3.63, 3.8) is 0 Å². The number of carbonyl (C=O) groups excluding carboxylic acids is 1. The van der Waals surface area contributed by atoms with Crippen LogP contribution in [0.15, 0.2) is 17.2 Å². The van der Waals surface area contributed by atoms with Crippen LogP contribution in [0.2, 0.25) is 0 Å². The highest BCUT2D eigenvalue weighted by molar-refractivity contribution is 5.91. The van der Waals surface area contributed by atoms with Gasteiger partial charge >= 0.3 is 0 Å². The molecule has 14 heavy (non-hydrogen) atoms. The third-order valence-electron chi connectivity index (χ3n) is 1.59. The van der Waals surface area contributed by atoms with Gasteiger partial charge in [0.25, 0.3) is 11.5 Å². The van der Waals surface area contributed by atoms with Crippen molar-refractivity contribution >= 4 is 5.91 Å². The first kappa shape index (κ1) is 10.4. The Kier molecular flexibility index (Phi) is 3.39. The minimum Gasteiger partial charge on any atom is -0.350 e. The number of hydrogen-bond donors (Lipinski definition) is 2. The fraction of sp³-hybridized carbons (Fsp3) is 0.444. The summed E-state index contributed by atoms with van der Waals surface area (Å²) in [5.41, 5.74) is -0.554. The van der Waals surface area contributed by atoms with Crippen molar-refractivity contribution in [3.8, 4) is 0 Å². The second-order valence-corrected chi connectivity index (χ2v) is 3.37. The fourth-order valence-corrected chi connectivity index (χ4v) is 0.894. The number of hydrogen-bond acceptors (Lipinski definition) is 3. The molecule has 0 aliphatic carbocycles. The minimum atomic E-state index is -0.464. The van der Waals surface area contributed by atoms with Gasteiger partial charge in [0.1, 0.15) is 0 Å². The van der Waals surface area contributed by atoms with Gasteiger partial charge in [0.15, 0.2) is 5.69 Å². The lowest BCUT2D eigenvalue weighted by Crippen LogP contribution is -2.32. The third-order valence-corrected chi connectivity index (χ3v) is 1.59. The molecule has 1 heterocycles. The van der Waals surface area contributed by atoms with Gasteiger partial charge in [-0.25, -0.2) is 4.98 Å². The number of rotatable bonds is 3. The van der Waals surface area contributed by atoms with Gasteiger partial charge in [-0.2, -0.15) is 0 Å². The Morgan fingerprint density at radius 3 is 2.93 bits per heavy atom. The van der Waals surface area contributed by atoms with Crippen LogP contribution in [0.25, 0.3) is 0 Å². The smallest absolute Gasteiger partial charge is 0.279 e. The standard InChI is InChI=1S/C9H13N3O2/c1-6(2)5-12-9(14)7-8(13)11-4-3-10-7/h3-4,6H,5H2,1-2H3,(H,11,13)(H,12,14). The second-order valence-electron chi connectivity index (χ2n) is 3.37. The normalized spacial score (nSPS) is 10.2. The summed E-state index contributed by atoms with van der Waals surface area (Å²) in [6, 6.07) is 0. The molecule has 5 heteroatoms. The van der Waals surface area contributed by atoms with Gasteiger partial charge < -0.3 is 10.3 Å². The Labute approximate surface area is 81.6 Å². The van der Waals surface area contributed by atoms with Gasteiger partial charge in [0.05, 0.1) is 0 Å². The van der Waals surface area contributed by atoms with Crippen LogP contribution in [0.4, 0.5) is 0 Å². The topological polar surface area (TPSA) is 74.8 Å². The molecule has 0 atom stereocenters. The number of H-pyrrole nitrogens is 1. The molecular formula is C9H13N3O2. The van der Waals surface area contributed by atoms with E-state index in [4.69, 9.17) is 0 Å². The first-order valence-corrected chi connectivity index (χ1v) is 4.43. The van der Waals surface area contributed by atoms with Crippen molar-refractivity contribution in [2.24, 2.45) is 5.92 Å². The molecule has 0 saturated heterocycles. The maximum absolute atomic E-state index is 11.4. The predicted molar refractivity (Wildman–Crippen MR) is 52.0 cm³/mol. The van der Waals surface area contributed by atoms with E-state index in [0.717, 1.165) is 0 Å². The van der Waals surface area contributed by atoms with Gasteiger partial charge in [0, 0.05) is 18.9 Å². The lowest BCUT2D eigenvalue weighted by atomic mass is 10.2. The molecule has 0 unspecified atom stereocenters. The van der Waals surface area contributed by atoms with Crippen LogP contribution >= 0.6 is 0 Å². The molecule has 0 fully saturated rings. The first-order valence-electron chi connectivity index (χ1n) is 4.43. The molecule has 1 amide bonds. The zero-order chi connectivity index (χ0) is 10.6. The summed E-state index contributed by atoms with van der Waals surface area (Å²) in [6.45, 7) is 4.49. The Morgan fingerprint density at radius 2 is 2.36 bits per heavy atom. The fourth-order valence-electron chi connectivity index (χ4n) is 0.894. The maximum Gasteiger partial charge on any atom is 0.279 e. The molecule has 1 aromatic heterocycles. The van der Waals surface area contributed by atoms with E-state index in [1.54, 1.807) is 0 Å². The van der Waals surface area contributed by atoms with E-state index < -0.39 is 11.5 Å². The highest BCUT2D eigenvalue weighted by Gasteiger charge is 2.10. The molecule has 5 nitrogen and oxygen atoms in total. The second kappa shape index (κ2) is 4.55. The lowest BCUT2D eigenvalue weighted by Gasteiger charge is -2.05. The Bertz CT molecular complexity index is 370. The summed E-state index contributed by atoms with van der Waals surface area (Å²) in [7, 11) is 0. The Balaban J connectivity index is 2.71. The highest BCUT2D eigenvalue weighted by Crippen LogP contribution is 1.89. The van der Waals surface area contributed by atoms with Crippen molar-refractivity contribution in [1.29, 1.82) is 0 Å². The monoisotopic (exact) mass is 195 g/mol. The van der Waals surface area contributed by atoms with Crippen molar-refractivity contribution in [2.45, 2.75) is 13.8 Å². The number of amides is 1. The van der Waals surface area contributed by atoms with Crippen LogP contribution in [0, 0.1) is 5.92 Å². The average molecular weight is 195 g/mol. The van der Waals surface area contributed by atoms with Gasteiger partial charge in [-0.05, 0) is 5.92 Å². The molecule has 0 aliphatic rings. The van der Waals surface area contributed by atoms with Crippen LogP contribution in [0.3, 0.4) is 0 Å². The predicted octanol–water partition coefficient (Wildman–Crippen LogP) is 0.156. The number of nitrogens with one attached hydrogen (secondary N) is 2. The van der Waals surface area contributed by atoms with E-state index in [1.807, 2.05) is 13.8 Å². The zero-order valence-corrected chi connectivity index (χ0v) is 8.20. The summed E-state index contributed by atoms with van der Waals surface area (Å²) in [6.07, 6.45) is 2.77. The van der Waals surface area contributed by atoms with Crippen molar-refractivity contribution in [1.82, 2.24) is 15.3 Å². The molecule has 76 valence electrons. The average Bonchev–Trinajstić information content (AvgIpc) is 2.15. The van der Waals surface area contributed by atoms with Gasteiger partial charge in [-0.15, -0.1) is 0 Å². The number of carbonyl (C=O) groups is 1. The summed E-state index contributed by atoms with van der Waals surface area (Å²) in [5, 5.41) is 2.62. The van der Waals surface area contributed by atoms with Crippen LogP contribution < -0.4 is 10.9 Å². The zero-order valence-electron chi connectivity index (χ0n) is 8.20. The quantitative estimate of drug-likeness (QED) is 0.721. The summed E-state index contributed by atoms with van der Waals surface area (Å²) >= 11 is 0. The number of aromatic amines is 1. The van der Waals surface area contributed by atoms with E-state index in [1.165, 1.54) is 12.4 Å². The molecule has 0 saturated carbocycles. The van der Waals surface area contributed by atoms with E-state index in [9.17, 15) is 9.59 Å². The summed E-state index contributed by atoms with van der Waals surface area (Å²) in [5.74, 6) is -0.0812. The van der Waals surface area contributed by atoms with Crippen LogP contribution in [0.1, 0.15) is 24.3 Å². The summed E-state index contributed by atoms with van der Waals surface area (Å²) < 4.78 is 0. The largest absolute Gasteiger partial charge is 0.350 e. The van der Waals surface area contributed by atoms with E-state index in [2.05, 4.69) is 15.3 Å². The minimum absolute atomic E-state index is 0.0897. The maximum atomic E-state index is 11.4. The molecule has 0 bridgehead atoms. The van der Waals surface area contributed by atoms with Crippen LogP contribution in [-0.4, -0.2) is 22.4 Å². The number of nitrogens with zero attached hydrogens (tertiary/aromatic N) is 1. The molecule has 0 aromatic carbocycles. The van der Waals surface area contributed by atoms with E-state index in [0.29, 0.717) is 12.5 Å². The van der Waals surface area contributed by atoms with Gasteiger partial charge in [-0.3, -0.25) is 9.59 Å². The van der Waals surface area contributed by atoms with Gasteiger partial charge in [0.2, 0.25) is 0 Å². The van der Waals surface area contributed by atoms with Crippen molar-refractivity contribution < 1.29 is 4.79 Å². The Morgan fingerprint density at radius 1 is 1.64 bits per heavy atom. The van der Waals surface area contributed by atoms with Gasteiger partial charge in [-0.1, -0.05) is 13.8 Å². The highest BCUT2D eigenvalue weighted by atomic mass is 16.2. The molecule has 0 aliphatic heterocycles. The molecule has 1 aromatic rings. The van der Waals surface area contributed by atoms with Crippen LogP contribution in [-0.2, 0) is 0 Å². The van der Waals surface area contributed by atoms with E-state index >= 15 is 0 Å². The van der Waals surface area contributed by atoms with Crippen molar-refractivity contribution in [3.05, 3.63) is 28.4 Å². The summed E-state index contributed by atoms with van der Waals surface area (Å²) in [4.78, 5) is 28.6. The lowest BCUT2D eigenvalue weighted by molar-refractivity contribution is 0.0942. The first-order chi connectivity index (χ1) is 6.61. The van der Waals surface area contributed by atoms with E-state index in [-0.39, 0.29) is 5.69 Å². The van der Waals surface area contributed by atoms with Crippen LogP contribution in [0.5, 0.6) is 0 Å².